The molecule has 1 saturated heterocycles. The first-order valence-corrected chi connectivity index (χ1v) is 8.22. The number of aliphatic hydroxyl groups is 1. The van der Waals surface area contributed by atoms with Gasteiger partial charge in [-0.2, -0.15) is 0 Å². The van der Waals surface area contributed by atoms with Crippen LogP contribution >= 0.6 is 0 Å². The molecule has 4 nitrogen and oxygen atoms in total. The van der Waals surface area contributed by atoms with E-state index in [1.807, 2.05) is 12.1 Å². The quantitative estimate of drug-likeness (QED) is 0.840. The lowest BCUT2D eigenvalue weighted by Crippen LogP contribution is -2.53. The molecule has 2 aliphatic rings. The average molecular weight is 318 g/mol. The van der Waals surface area contributed by atoms with E-state index >= 15 is 0 Å². The monoisotopic (exact) mass is 318 g/mol. The second-order valence-corrected chi connectivity index (χ2v) is 7.07. The number of fused-ring (bicyclic) bond motifs is 2. The Morgan fingerprint density at radius 3 is 2.74 bits per heavy atom. The van der Waals surface area contributed by atoms with Crippen LogP contribution in [-0.4, -0.2) is 30.5 Å². The van der Waals surface area contributed by atoms with Crippen molar-refractivity contribution in [3.05, 3.63) is 35.4 Å². The zero-order valence-corrected chi connectivity index (χ0v) is 14.2. The highest BCUT2D eigenvalue weighted by Crippen LogP contribution is 2.56. The van der Waals surface area contributed by atoms with Gasteiger partial charge < -0.3 is 19.7 Å². The third-order valence-electron chi connectivity index (χ3n) is 6.08. The van der Waals surface area contributed by atoms with Crippen molar-refractivity contribution in [3.8, 4) is 11.5 Å². The summed E-state index contributed by atoms with van der Waals surface area (Å²) in [6.07, 6.45) is 2.21. The second-order valence-electron chi connectivity index (χ2n) is 7.07. The summed E-state index contributed by atoms with van der Waals surface area (Å²) < 4.78 is 11.5. The first kappa shape index (κ1) is 16.3. The maximum Gasteiger partial charge on any atom is 0.160 e. The summed E-state index contributed by atoms with van der Waals surface area (Å²) in [4.78, 5) is 0. The highest BCUT2D eigenvalue weighted by atomic mass is 16.5. The fourth-order valence-corrected chi connectivity index (χ4v) is 4.46. The molecule has 1 aromatic carbocycles. The number of hydrogen-bond donors (Lipinski definition) is 2. The van der Waals surface area contributed by atoms with Crippen molar-refractivity contribution in [1.82, 2.24) is 0 Å². The number of phenols is 1. The van der Waals surface area contributed by atoms with E-state index in [1.54, 1.807) is 13.2 Å². The minimum atomic E-state index is -0.207. The van der Waals surface area contributed by atoms with Crippen LogP contribution in [0.4, 0.5) is 0 Å². The van der Waals surface area contributed by atoms with Crippen LogP contribution in [0.2, 0.25) is 0 Å². The summed E-state index contributed by atoms with van der Waals surface area (Å²) in [7, 11) is 1.55. The van der Waals surface area contributed by atoms with Crippen molar-refractivity contribution in [2.45, 2.75) is 26.9 Å². The molecule has 1 fully saturated rings. The van der Waals surface area contributed by atoms with E-state index in [4.69, 9.17) is 9.47 Å². The Morgan fingerprint density at radius 2 is 2.09 bits per heavy atom. The van der Waals surface area contributed by atoms with E-state index in [1.165, 1.54) is 5.57 Å². The first-order chi connectivity index (χ1) is 10.9. The Labute approximate surface area is 137 Å². The van der Waals surface area contributed by atoms with Crippen molar-refractivity contribution in [2.24, 2.45) is 23.2 Å². The molecule has 1 aliphatic heterocycles. The minimum Gasteiger partial charge on any atom is -0.504 e. The maximum atomic E-state index is 10.0. The molecule has 2 bridgehead atoms. The number of hydrogen-bond acceptors (Lipinski definition) is 4. The summed E-state index contributed by atoms with van der Waals surface area (Å²) >= 11 is 0. The van der Waals surface area contributed by atoms with Crippen molar-refractivity contribution in [2.75, 3.05) is 20.3 Å². The Kier molecular flexibility index (Phi) is 4.15. The van der Waals surface area contributed by atoms with E-state index in [0.29, 0.717) is 24.2 Å². The molecular formula is C19H26O4. The van der Waals surface area contributed by atoms with Gasteiger partial charge in [-0.05, 0) is 36.5 Å². The highest BCUT2D eigenvalue weighted by Gasteiger charge is 2.53. The van der Waals surface area contributed by atoms with Gasteiger partial charge in [0.1, 0.15) is 0 Å². The predicted molar refractivity (Wildman–Crippen MR) is 88.4 cm³/mol. The van der Waals surface area contributed by atoms with Crippen LogP contribution in [0.25, 0.3) is 0 Å². The molecule has 23 heavy (non-hydrogen) atoms. The Bertz CT molecular complexity index is 624. The smallest absolute Gasteiger partial charge is 0.160 e. The van der Waals surface area contributed by atoms with Gasteiger partial charge >= 0.3 is 0 Å². The van der Waals surface area contributed by atoms with Crippen LogP contribution in [-0.2, 0) is 4.74 Å². The number of rotatable bonds is 3. The molecule has 0 amide bonds. The number of benzene rings is 1. The van der Waals surface area contributed by atoms with Gasteiger partial charge in [0.25, 0.3) is 0 Å². The number of ether oxygens (including phenoxy) is 2. The molecule has 4 heteroatoms. The number of methoxy groups -OCH3 is 1. The molecule has 1 aliphatic carbocycles. The molecule has 1 aromatic rings. The van der Waals surface area contributed by atoms with Gasteiger partial charge in [0.05, 0.1) is 26.4 Å². The predicted octanol–water partition coefficient (Wildman–Crippen LogP) is 3.30. The van der Waals surface area contributed by atoms with Crippen LogP contribution in [0.5, 0.6) is 11.5 Å². The summed E-state index contributed by atoms with van der Waals surface area (Å²) in [6, 6.07) is 5.40. The molecule has 5 atom stereocenters. The fourth-order valence-electron chi connectivity index (χ4n) is 4.46. The van der Waals surface area contributed by atoms with Crippen molar-refractivity contribution in [3.63, 3.8) is 0 Å². The Balaban J connectivity index is 2.02. The molecule has 0 radical (unpaired) electrons. The lowest BCUT2D eigenvalue weighted by molar-refractivity contribution is -0.165. The van der Waals surface area contributed by atoms with Crippen molar-refractivity contribution >= 4 is 0 Å². The topological polar surface area (TPSA) is 58.9 Å². The SMILES string of the molecule is COc1cc([C@H]2OC[C@]3(CO)[C@H](C)C=C(C)[C@@H]2[C@H]3C)ccc1O. The Hall–Kier alpha value is -1.52. The summed E-state index contributed by atoms with van der Waals surface area (Å²) in [5.74, 6) is 1.44. The third-order valence-corrected chi connectivity index (χ3v) is 6.08. The highest BCUT2D eigenvalue weighted by molar-refractivity contribution is 5.43. The van der Waals surface area contributed by atoms with Crippen molar-refractivity contribution < 1.29 is 19.7 Å². The number of aliphatic hydroxyl groups excluding tert-OH is 1. The number of phenolic OH excluding ortho intramolecular Hbond substituents is 1. The van der Waals surface area contributed by atoms with Gasteiger partial charge in [-0.3, -0.25) is 0 Å². The van der Waals surface area contributed by atoms with Crippen LogP contribution in [0.1, 0.15) is 32.4 Å². The van der Waals surface area contributed by atoms with Crippen molar-refractivity contribution in [1.29, 1.82) is 0 Å². The third kappa shape index (κ3) is 2.36. The molecule has 0 spiro atoms. The van der Waals surface area contributed by atoms with Crippen LogP contribution < -0.4 is 4.74 Å². The van der Waals surface area contributed by atoms with E-state index in [9.17, 15) is 10.2 Å². The molecule has 2 N–H and O–H groups in total. The normalized spacial score (nSPS) is 36.5. The standard InChI is InChI=1S/C19H26O4/c1-11-7-12(2)19(9-20)10-23-18(17(11)13(19)3)14-5-6-15(21)16(8-14)22-4/h5-8,12-13,17-18,20-21H,9-10H2,1-4H3/t12-,13-,17-,18-,19-/m1/s1. The fraction of sp³-hybridized carbons (Fsp3) is 0.579. The summed E-state index contributed by atoms with van der Waals surface area (Å²) in [5.41, 5.74) is 2.11. The van der Waals surface area contributed by atoms with E-state index in [0.717, 1.165) is 5.56 Å². The van der Waals surface area contributed by atoms with E-state index in [-0.39, 0.29) is 29.8 Å². The maximum absolute atomic E-state index is 10.0. The summed E-state index contributed by atoms with van der Waals surface area (Å²) in [6.45, 7) is 7.22. The van der Waals surface area contributed by atoms with Gasteiger partial charge in [-0.15, -0.1) is 0 Å². The molecule has 0 saturated carbocycles. The zero-order valence-electron chi connectivity index (χ0n) is 14.2. The van der Waals surface area contributed by atoms with E-state index < -0.39 is 0 Å². The molecule has 3 rings (SSSR count). The zero-order chi connectivity index (χ0) is 16.8. The van der Waals surface area contributed by atoms with Crippen LogP contribution in [0.15, 0.2) is 29.8 Å². The van der Waals surface area contributed by atoms with E-state index in [2.05, 4.69) is 26.8 Å². The largest absolute Gasteiger partial charge is 0.504 e. The van der Waals surface area contributed by atoms with Gasteiger partial charge in [0.2, 0.25) is 0 Å². The molecule has 126 valence electrons. The van der Waals surface area contributed by atoms with Gasteiger partial charge in [0, 0.05) is 11.3 Å². The average Bonchev–Trinajstić information content (AvgIpc) is 2.53. The lowest BCUT2D eigenvalue weighted by atomic mass is 9.56. The van der Waals surface area contributed by atoms with Gasteiger partial charge in [0.15, 0.2) is 11.5 Å². The number of aromatic hydroxyl groups is 1. The molecule has 0 aromatic heterocycles. The lowest BCUT2D eigenvalue weighted by Gasteiger charge is -2.55. The number of allylic oxidation sites excluding steroid dienone is 1. The van der Waals surface area contributed by atoms with Gasteiger partial charge in [-0.1, -0.05) is 31.6 Å². The minimum absolute atomic E-state index is 0.0806. The summed E-state index contributed by atoms with van der Waals surface area (Å²) in [5, 5.41) is 19.9. The Morgan fingerprint density at radius 1 is 1.35 bits per heavy atom. The molecule has 0 unspecified atom stereocenters. The van der Waals surface area contributed by atoms with Crippen LogP contribution in [0, 0.1) is 23.2 Å². The van der Waals surface area contributed by atoms with Gasteiger partial charge in [-0.25, -0.2) is 0 Å². The van der Waals surface area contributed by atoms with Crippen LogP contribution in [0.3, 0.4) is 0 Å². The molecule has 1 heterocycles. The first-order valence-electron chi connectivity index (χ1n) is 8.22. The molecular weight excluding hydrogens is 292 g/mol. The second kappa shape index (κ2) is 5.84.